The van der Waals surface area contributed by atoms with Crippen LogP contribution in [-0.4, -0.2) is 36.1 Å². The minimum Gasteiger partial charge on any atom is -0.487 e. The van der Waals surface area contributed by atoms with Crippen LogP contribution in [0, 0.1) is 5.92 Å². The molecular formula is C30H45NO3. The topological polar surface area (TPSA) is 38.8 Å². The highest BCUT2D eigenvalue weighted by molar-refractivity contribution is 5.74. The van der Waals surface area contributed by atoms with E-state index < -0.39 is 0 Å². The van der Waals surface area contributed by atoms with E-state index in [1.54, 1.807) is 0 Å². The molecule has 0 saturated carbocycles. The molecule has 0 aromatic heterocycles. The molecule has 1 saturated heterocycles. The van der Waals surface area contributed by atoms with Gasteiger partial charge in [0.2, 0.25) is 0 Å². The molecule has 1 fully saturated rings. The third kappa shape index (κ3) is 5.87. The molecule has 0 amide bonds. The highest BCUT2D eigenvalue weighted by Crippen LogP contribution is 2.54. The number of fused-ring (bicyclic) bond motifs is 3. The Bertz CT molecular complexity index is 881. The van der Waals surface area contributed by atoms with Gasteiger partial charge in [-0.2, -0.15) is 0 Å². The molecular weight excluding hydrogens is 422 g/mol. The normalized spacial score (nSPS) is 23.9. The van der Waals surface area contributed by atoms with Crippen LogP contribution in [0.15, 0.2) is 23.8 Å². The molecule has 34 heavy (non-hydrogen) atoms. The lowest BCUT2D eigenvalue weighted by Crippen LogP contribution is -2.45. The summed E-state index contributed by atoms with van der Waals surface area (Å²) in [6.07, 6.45) is 14.3. The Morgan fingerprint density at radius 2 is 1.94 bits per heavy atom. The third-order valence-electron chi connectivity index (χ3n) is 8.15. The summed E-state index contributed by atoms with van der Waals surface area (Å²) in [5, 5.41) is 0. The number of carbonyl (C=O) groups excluding carboxylic acids is 1. The van der Waals surface area contributed by atoms with Crippen molar-refractivity contribution in [2.75, 3.05) is 19.6 Å². The van der Waals surface area contributed by atoms with Gasteiger partial charge in [0.25, 0.3) is 0 Å². The van der Waals surface area contributed by atoms with Gasteiger partial charge in [0.15, 0.2) is 0 Å². The van der Waals surface area contributed by atoms with Gasteiger partial charge in [0.05, 0.1) is 0 Å². The number of ether oxygens (including phenoxy) is 2. The molecule has 1 aromatic rings. The van der Waals surface area contributed by atoms with Crippen LogP contribution >= 0.6 is 0 Å². The number of benzene rings is 1. The van der Waals surface area contributed by atoms with Gasteiger partial charge < -0.3 is 14.4 Å². The van der Waals surface area contributed by atoms with Crippen LogP contribution in [0.1, 0.15) is 109 Å². The summed E-state index contributed by atoms with van der Waals surface area (Å²) in [5.74, 6) is 2.24. The maximum absolute atomic E-state index is 13.1. The van der Waals surface area contributed by atoms with Crippen molar-refractivity contribution in [3.8, 4) is 11.5 Å². The number of hydrogen-bond acceptors (Lipinski definition) is 4. The number of nitrogens with zero attached hydrogens (tertiary/aromatic N) is 1. The molecule has 4 heteroatoms. The predicted octanol–water partition coefficient (Wildman–Crippen LogP) is 7.20. The van der Waals surface area contributed by atoms with E-state index in [0.29, 0.717) is 12.3 Å². The van der Waals surface area contributed by atoms with Crippen LogP contribution in [-0.2, 0) is 11.2 Å². The minimum absolute atomic E-state index is 0.0972. The number of piperidine rings is 1. The smallest absolute Gasteiger partial charge is 0.311 e. The van der Waals surface area contributed by atoms with E-state index in [0.717, 1.165) is 61.3 Å². The molecule has 188 valence electrons. The number of allylic oxidation sites excluding steroid dienone is 2. The van der Waals surface area contributed by atoms with E-state index in [4.69, 9.17) is 9.47 Å². The molecule has 2 unspecified atom stereocenters. The number of unbranched alkanes of at least 4 members (excludes halogenated alkanes) is 2. The Labute approximate surface area is 207 Å². The van der Waals surface area contributed by atoms with Gasteiger partial charge in [-0.15, -0.1) is 0 Å². The van der Waals surface area contributed by atoms with Gasteiger partial charge in [-0.3, -0.25) is 4.79 Å². The summed E-state index contributed by atoms with van der Waals surface area (Å²) in [7, 11) is 0. The first-order chi connectivity index (χ1) is 16.4. The largest absolute Gasteiger partial charge is 0.487 e. The van der Waals surface area contributed by atoms with E-state index in [2.05, 4.69) is 50.8 Å². The fraction of sp³-hybridized carbons (Fsp3) is 0.700. The van der Waals surface area contributed by atoms with E-state index in [1.807, 2.05) is 0 Å². The van der Waals surface area contributed by atoms with Crippen molar-refractivity contribution in [3.63, 3.8) is 0 Å². The van der Waals surface area contributed by atoms with Crippen molar-refractivity contribution in [2.45, 2.75) is 110 Å². The van der Waals surface area contributed by atoms with E-state index in [9.17, 15) is 4.79 Å². The average molecular weight is 468 g/mol. The molecule has 2 heterocycles. The Balaban J connectivity index is 1.57. The van der Waals surface area contributed by atoms with Crippen LogP contribution in [0.4, 0.5) is 0 Å². The summed E-state index contributed by atoms with van der Waals surface area (Å²) in [6, 6.07) is 4.26. The predicted molar refractivity (Wildman–Crippen MR) is 139 cm³/mol. The number of likely N-dealkylation sites (tertiary alicyclic amines) is 1. The molecule has 1 aromatic carbocycles. The fourth-order valence-corrected chi connectivity index (χ4v) is 6.20. The Hall–Kier alpha value is -1.81. The molecule has 0 spiro atoms. The average Bonchev–Trinajstić information content (AvgIpc) is 2.80. The zero-order valence-electron chi connectivity index (χ0n) is 22.0. The van der Waals surface area contributed by atoms with Crippen molar-refractivity contribution in [1.29, 1.82) is 0 Å². The monoisotopic (exact) mass is 467 g/mol. The van der Waals surface area contributed by atoms with Gasteiger partial charge >= 0.3 is 5.97 Å². The quantitative estimate of drug-likeness (QED) is 0.167. The maximum atomic E-state index is 13.1. The first-order valence-electron chi connectivity index (χ1n) is 13.8. The first kappa shape index (κ1) is 25.3. The Kier molecular flexibility index (Phi) is 8.39. The second kappa shape index (κ2) is 11.3. The van der Waals surface area contributed by atoms with Gasteiger partial charge in [0, 0.05) is 23.8 Å². The Morgan fingerprint density at radius 1 is 1.15 bits per heavy atom. The molecule has 2 aliphatic heterocycles. The van der Waals surface area contributed by atoms with Gasteiger partial charge in [0.1, 0.15) is 17.1 Å². The van der Waals surface area contributed by atoms with E-state index in [1.165, 1.54) is 50.8 Å². The second-order valence-corrected chi connectivity index (χ2v) is 11.3. The van der Waals surface area contributed by atoms with Gasteiger partial charge in [-0.1, -0.05) is 43.9 Å². The number of rotatable bonds is 9. The highest BCUT2D eigenvalue weighted by atomic mass is 16.5. The Morgan fingerprint density at radius 3 is 2.71 bits per heavy atom. The lowest BCUT2D eigenvalue weighted by Gasteiger charge is -2.46. The molecule has 3 aliphatic rings. The van der Waals surface area contributed by atoms with Gasteiger partial charge in [-0.05, 0) is 97.0 Å². The maximum Gasteiger partial charge on any atom is 0.311 e. The molecule has 4 nitrogen and oxygen atoms in total. The van der Waals surface area contributed by atoms with Crippen molar-refractivity contribution in [3.05, 3.63) is 34.9 Å². The minimum atomic E-state index is -0.228. The number of hydrogen-bond donors (Lipinski definition) is 0. The summed E-state index contributed by atoms with van der Waals surface area (Å²) in [6.45, 7) is 12.2. The molecule has 2 atom stereocenters. The van der Waals surface area contributed by atoms with Crippen LogP contribution in [0.5, 0.6) is 11.5 Å². The summed E-state index contributed by atoms with van der Waals surface area (Å²) in [5.41, 5.74) is 3.48. The molecule has 4 rings (SSSR count). The standard InChI is InChI=1S/C30H45NO3/c1-5-6-8-12-23-15-17-26-28(24-21-22(2)14-16-25(24)30(3,4)34-26)29(23)33-27(32)13-11-20-31-18-9-7-10-19-31/h15,17,21,24-25H,5-14,16,18-20H2,1-4H3. The fourth-order valence-electron chi connectivity index (χ4n) is 6.20. The summed E-state index contributed by atoms with van der Waals surface area (Å²) < 4.78 is 12.8. The van der Waals surface area contributed by atoms with Crippen LogP contribution < -0.4 is 9.47 Å². The summed E-state index contributed by atoms with van der Waals surface area (Å²) >= 11 is 0. The summed E-state index contributed by atoms with van der Waals surface area (Å²) in [4.78, 5) is 15.6. The SMILES string of the molecule is CCCCCc1ccc2c(c1OC(=O)CCCN1CCCCC1)C1C=C(C)CCC1C(C)(C)O2. The number of esters is 1. The van der Waals surface area contributed by atoms with Crippen LogP contribution in [0.2, 0.25) is 0 Å². The van der Waals surface area contributed by atoms with Crippen molar-refractivity contribution in [1.82, 2.24) is 4.90 Å². The van der Waals surface area contributed by atoms with Crippen molar-refractivity contribution < 1.29 is 14.3 Å². The van der Waals surface area contributed by atoms with Gasteiger partial charge in [-0.25, -0.2) is 0 Å². The van der Waals surface area contributed by atoms with Crippen molar-refractivity contribution >= 4 is 5.97 Å². The zero-order chi connectivity index (χ0) is 24.1. The first-order valence-corrected chi connectivity index (χ1v) is 13.8. The number of aryl methyl sites for hydroxylation is 1. The second-order valence-electron chi connectivity index (χ2n) is 11.3. The molecule has 0 radical (unpaired) electrons. The lowest BCUT2D eigenvalue weighted by molar-refractivity contribution is -0.134. The number of carbonyl (C=O) groups is 1. The van der Waals surface area contributed by atoms with Crippen LogP contribution in [0.25, 0.3) is 0 Å². The lowest BCUT2D eigenvalue weighted by atomic mass is 9.67. The van der Waals surface area contributed by atoms with Crippen molar-refractivity contribution in [2.24, 2.45) is 5.92 Å². The van der Waals surface area contributed by atoms with Crippen LogP contribution in [0.3, 0.4) is 0 Å². The van der Waals surface area contributed by atoms with E-state index >= 15 is 0 Å². The molecule has 0 bridgehead atoms. The molecule has 0 N–H and O–H groups in total. The molecule has 1 aliphatic carbocycles. The van der Waals surface area contributed by atoms with E-state index in [-0.39, 0.29) is 17.5 Å². The highest BCUT2D eigenvalue weighted by Gasteiger charge is 2.45. The zero-order valence-corrected chi connectivity index (χ0v) is 22.0. The third-order valence-corrected chi connectivity index (χ3v) is 8.15.